The molecule has 0 saturated heterocycles. The standard InChI is InChI=1S/C19H14Cl2N2O3S/c20-12-6-4-11(15(21)8-12)5-7-18(25)26-10-17(24)23-19-14(9-22)13-2-1-3-16(13)27-19/h4-8H,1-3,10H2,(H,23,24)/b7-5+. The summed E-state index contributed by atoms with van der Waals surface area (Å²) < 4.78 is 4.93. The summed E-state index contributed by atoms with van der Waals surface area (Å²) in [5, 5.41) is 13.4. The quantitative estimate of drug-likeness (QED) is 0.565. The van der Waals surface area contributed by atoms with Gasteiger partial charge >= 0.3 is 5.97 Å². The number of nitrogens with zero attached hydrogens (tertiary/aromatic N) is 1. The summed E-state index contributed by atoms with van der Waals surface area (Å²) in [6, 6.07) is 7.03. The van der Waals surface area contributed by atoms with Crippen LogP contribution in [0.3, 0.4) is 0 Å². The zero-order valence-electron chi connectivity index (χ0n) is 14.1. The van der Waals surface area contributed by atoms with Crippen molar-refractivity contribution >= 4 is 57.5 Å². The maximum atomic E-state index is 12.0. The number of anilines is 1. The van der Waals surface area contributed by atoms with E-state index < -0.39 is 18.5 Å². The van der Waals surface area contributed by atoms with Gasteiger partial charge in [0.2, 0.25) is 0 Å². The van der Waals surface area contributed by atoms with Gasteiger partial charge in [0, 0.05) is 21.0 Å². The molecule has 1 N–H and O–H groups in total. The molecule has 0 atom stereocenters. The molecule has 1 aromatic heterocycles. The van der Waals surface area contributed by atoms with Crippen molar-refractivity contribution in [2.24, 2.45) is 0 Å². The molecule has 0 bridgehead atoms. The van der Waals surface area contributed by atoms with Crippen LogP contribution in [-0.4, -0.2) is 18.5 Å². The number of hydrogen-bond donors (Lipinski definition) is 1. The van der Waals surface area contributed by atoms with Crippen LogP contribution >= 0.6 is 34.5 Å². The molecule has 0 fully saturated rings. The molecule has 3 rings (SSSR count). The highest BCUT2D eigenvalue weighted by Crippen LogP contribution is 2.38. The number of thiophene rings is 1. The molecule has 27 heavy (non-hydrogen) atoms. The highest BCUT2D eigenvalue weighted by atomic mass is 35.5. The SMILES string of the molecule is N#Cc1c(NC(=O)COC(=O)/C=C/c2ccc(Cl)cc2Cl)sc2c1CCC2. The normalized spacial score (nSPS) is 12.6. The van der Waals surface area contributed by atoms with Crippen LogP contribution in [0.25, 0.3) is 6.08 Å². The Kier molecular flexibility index (Phi) is 6.17. The van der Waals surface area contributed by atoms with E-state index in [-0.39, 0.29) is 0 Å². The van der Waals surface area contributed by atoms with Crippen molar-refractivity contribution in [3.63, 3.8) is 0 Å². The highest BCUT2D eigenvalue weighted by molar-refractivity contribution is 7.16. The topological polar surface area (TPSA) is 79.2 Å². The van der Waals surface area contributed by atoms with E-state index in [0.717, 1.165) is 29.7 Å². The Hall–Kier alpha value is -2.33. The largest absolute Gasteiger partial charge is 0.452 e. The molecule has 0 unspecified atom stereocenters. The second kappa shape index (κ2) is 8.57. The van der Waals surface area contributed by atoms with Crippen LogP contribution in [0.15, 0.2) is 24.3 Å². The minimum atomic E-state index is -0.676. The zero-order valence-corrected chi connectivity index (χ0v) is 16.4. The number of fused-ring (bicyclic) bond motifs is 1. The van der Waals surface area contributed by atoms with E-state index in [1.807, 2.05) is 0 Å². The molecule has 1 heterocycles. The first-order chi connectivity index (χ1) is 13.0. The minimum absolute atomic E-state index is 0.402. The van der Waals surface area contributed by atoms with Gasteiger partial charge in [0.05, 0.1) is 5.56 Å². The molecule has 0 radical (unpaired) electrons. The number of amides is 1. The number of nitrogens with one attached hydrogen (secondary N) is 1. The summed E-state index contributed by atoms with van der Waals surface area (Å²) in [5.74, 6) is -1.16. The van der Waals surface area contributed by atoms with Crippen molar-refractivity contribution in [1.82, 2.24) is 0 Å². The molecule has 1 aromatic carbocycles. The summed E-state index contributed by atoms with van der Waals surface area (Å²) in [7, 11) is 0. The monoisotopic (exact) mass is 420 g/mol. The molecular formula is C19H14Cl2N2O3S. The average Bonchev–Trinajstić information content (AvgIpc) is 3.19. The lowest BCUT2D eigenvalue weighted by Crippen LogP contribution is -2.20. The van der Waals surface area contributed by atoms with Crippen LogP contribution in [0.2, 0.25) is 10.0 Å². The smallest absolute Gasteiger partial charge is 0.331 e. The summed E-state index contributed by atoms with van der Waals surface area (Å²) in [5.41, 5.74) is 2.15. The van der Waals surface area contributed by atoms with E-state index in [0.29, 0.717) is 26.2 Å². The van der Waals surface area contributed by atoms with E-state index in [1.165, 1.54) is 23.5 Å². The summed E-state index contributed by atoms with van der Waals surface area (Å²) in [6.45, 7) is -0.440. The lowest BCUT2D eigenvalue weighted by Gasteiger charge is -2.04. The summed E-state index contributed by atoms with van der Waals surface area (Å²) >= 11 is 13.2. The first kappa shape index (κ1) is 19.4. The Bertz CT molecular complexity index is 976. The predicted molar refractivity (Wildman–Crippen MR) is 106 cm³/mol. The summed E-state index contributed by atoms with van der Waals surface area (Å²) in [4.78, 5) is 24.9. The van der Waals surface area contributed by atoms with Crippen LogP contribution in [0, 0.1) is 11.3 Å². The zero-order chi connectivity index (χ0) is 19.4. The highest BCUT2D eigenvalue weighted by Gasteiger charge is 2.23. The molecule has 0 aliphatic heterocycles. The fourth-order valence-electron chi connectivity index (χ4n) is 2.75. The van der Waals surface area contributed by atoms with Gasteiger partial charge in [0.25, 0.3) is 5.91 Å². The van der Waals surface area contributed by atoms with Gasteiger partial charge in [-0.1, -0.05) is 29.3 Å². The van der Waals surface area contributed by atoms with E-state index in [4.69, 9.17) is 27.9 Å². The van der Waals surface area contributed by atoms with E-state index in [1.54, 1.807) is 18.2 Å². The van der Waals surface area contributed by atoms with Crippen molar-refractivity contribution in [2.45, 2.75) is 19.3 Å². The molecule has 5 nitrogen and oxygen atoms in total. The van der Waals surface area contributed by atoms with Crippen molar-refractivity contribution in [3.05, 3.63) is 55.9 Å². The average molecular weight is 421 g/mol. The number of esters is 1. The first-order valence-electron chi connectivity index (χ1n) is 8.12. The number of benzene rings is 1. The Labute approximate surface area is 170 Å². The van der Waals surface area contributed by atoms with Gasteiger partial charge in [-0.25, -0.2) is 4.79 Å². The Balaban J connectivity index is 1.54. The van der Waals surface area contributed by atoms with Crippen LogP contribution in [0.1, 0.15) is 28.0 Å². The van der Waals surface area contributed by atoms with Gasteiger partial charge in [-0.15, -0.1) is 11.3 Å². The summed E-state index contributed by atoms with van der Waals surface area (Å²) in [6.07, 6.45) is 5.49. The van der Waals surface area contributed by atoms with E-state index >= 15 is 0 Å². The number of ether oxygens (including phenoxy) is 1. The molecule has 1 aliphatic carbocycles. The molecule has 1 aliphatic rings. The number of aryl methyl sites for hydroxylation is 1. The molecular weight excluding hydrogens is 407 g/mol. The van der Waals surface area contributed by atoms with E-state index in [9.17, 15) is 14.9 Å². The lowest BCUT2D eigenvalue weighted by molar-refractivity contribution is -0.142. The number of halogens is 2. The number of carbonyl (C=O) groups is 2. The number of hydrogen-bond acceptors (Lipinski definition) is 5. The molecule has 0 saturated carbocycles. The van der Waals surface area contributed by atoms with Crippen LogP contribution in [-0.2, 0) is 27.2 Å². The number of rotatable bonds is 5. The molecule has 138 valence electrons. The fraction of sp³-hybridized carbons (Fsp3) is 0.211. The van der Waals surface area contributed by atoms with Crippen molar-refractivity contribution in [3.8, 4) is 6.07 Å². The second-order valence-corrected chi connectivity index (χ2v) is 7.78. The van der Waals surface area contributed by atoms with Gasteiger partial charge in [0.1, 0.15) is 11.1 Å². The molecule has 0 spiro atoms. The molecule has 8 heteroatoms. The van der Waals surface area contributed by atoms with Crippen molar-refractivity contribution < 1.29 is 14.3 Å². The maximum Gasteiger partial charge on any atom is 0.331 e. The lowest BCUT2D eigenvalue weighted by atomic mass is 10.1. The third kappa shape index (κ3) is 4.69. The van der Waals surface area contributed by atoms with Crippen LogP contribution in [0.5, 0.6) is 0 Å². The van der Waals surface area contributed by atoms with Gasteiger partial charge in [-0.2, -0.15) is 5.26 Å². The van der Waals surface area contributed by atoms with Gasteiger partial charge in [-0.3, -0.25) is 4.79 Å². The van der Waals surface area contributed by atoms with E-state index in [2.05, 4.69) is 11.4 Å². The van der Waals surface area contributed by atoms with Crippen molar-refractivity contribution in [2.75, 3.05) is 11.9 Å². The van der Waals surface area contributed by atoms with Crippen LogP contribution in [0.4, 0.5) is 5.00 Å². The number of carbonyl (C=O) groups excluding carboxylic acids is 2. The second-order valence-electron chi connectivity index (χ2n) is 5.83. The van der Waals surface area contributed by atoms with Crippen molar-refractivity contribution in [1.29, 1.82) is 5.26 Å². The van der Waals surface area contributed by atoms with Crippen LogP contribution < -0.4 is 5.32 Å². The number of nitriles is 1. The van der Waals surface area contributed by atoms with Gasteiger partial charge in [0.15, 0.2) is 6.61 Å². The minimum Gasteiger partial charge on any atom is -0.452 e. The molecule has 1 amide bonds. The predicted octanol–water partition coefficient (Wildman–Crippen LogP) is 4.61. The maximum absolute atomic E-state index is 12.0. The Morgan fingerprint density at radius 2 is 2.15 bits per heavy atom. The third-order valence-corrected chi connectivity index (χ3v) is 5.76. The third-order valence-electron chi connectivity index (χ3n) is 3.99. The Morgan fingerprint density at radius 3 is 2.89 bits per heavy atom. The Morgan fingerprint density at radius 1 is 1.33 bits per heavy atom. The van der Waals surface area contributed by atoms with Gasteiger partial charge in [-0.05, 0) is 48.6 Å². The fourth-order valence-corrected chi connectivity index (χ4v) is 4.48. The molecule has 2 aromatic rings. The first-order valence-corrected chi connectivity index (χ1v) is 9.69. The van der Waals surface area contributed by atoms with Gasteiger partial charge < -0.3 is 10.1 Å².